The minimum atomic E-state index is -4.01. The van der Waals surface area contributed by atoms with Crippen LogP contribution in [0.3, 0.4) is 0 Å². The molecule has 1 aliphatic rings. The normalized spacial score (nSPS) is 15.6. The summed E-state index contributed by atoms with van der Waals surface area (Å²) in [7, 11) is -7.73. The van der Waals surface area contributed by atoms with Gasteiger partial charge in [-0.1, -0.05) is 24.3 Å². The number of sulfonamides is 1. The predicted molar refractivity (Wildman–Crippen MR) is 141 cm³/mol. The van der Waals surface area contributed by atoms with Gasteiger partial charge in [0.15, 0.2) is 9.84 Å². The zero-order valence-electron chi connectivity index (χ0n) is 20.1. The fourth-order valence-electron chi connectivity index (χ4n) is 4.51. The number of fused-ring (bicyclic) bond motifs is 1. The van der Waals surface area contributed by atoms with Crippen LogP contribution in [0.25, 0.3) is 22.4 Å². The van der Waals surface area contributed by atoms with E-state index < -0.39 is 19.9 Å². The molecular weight excluding hydrogens is 512 g/mol. The van der Waals surface area contributed by atoms with Crippen LogP contribution in [0.4, 0.5) is 5.69 Å². The Hall–Kier alpha value is -3.54. The van der Waals surface area contributed by atoms with Crippen LogP contribution >= 0.6 is 0 Å². The van der Waals surface area contributed by atoms with Gasteiger partial charge in [0.2, 0.25) is 15.9 Å². The van der Waals surface area contributed by atoms with E-state index in [2.05, 4.69) is 15.3 Å². The molecule has 1 fully saturated rings. The second kappa shape index (κ2) is 9.73. The van der Waals surface area contributed by atoms with Gasteiger partial charge in [-0.25, -0.2) is 21.8 Å². The third-order valence-electron chi connectivity index (χ3n) is 6.51. The molecule has 0 aliphatic carbocycles. The van der Waals surface area contributed by atoms with E-state index in [-0.39, 0.29) is 34.7 Å². The fourth-order valence-corrected chi connectivity index (χ4v) is 7.58. The van der Waals surface area contributed by atoms with E-state index in [0.717, 1.165) is 28.7 Å². The first-order valence-corrected chi connectivity index (χ1v) is 15.1. The van der Waals surface area contributed by atoms with Crippen LogP contribution in [0, 0.1) is 5.92 Å². The Balaban J connectivity index is 1.22. The molecule has 1 aromatic heterocycles. The minimum absolute atomic E-state index is 0.128. The number of aromatic nitrogens is 2. The standard InChI is InChI=1S/C26H26N4O5S2/c1-36(32,33)23-8-4-5-9-24(23)37(34,35)30-16-14-19(15-17-30)26(31)27-20-12-10-18(11-13-20)25-28-21-6-2-3-7-22(21)29-25/h2-13,19H,14-17H2,1H3,(H,27,31)(H,28,29). The minimum Gasteiger partial charge on any atom is -0.338 e. The number of para-hydroxylation sites is 2. The number of amides is 1. The van der Waals surface area contributed by atoms with Crippen molar-refractivity contribution < 1.29 is 21.6 Å². The molecule has 2 heterocycles. The number of aromatic amines is 1. The van der Waals surface area contributed by atoms with Gasteiger partial charge in [-0.05, 0) is 61.4 Å². The summed E-state index contributed by atoms with van der Waals surface area (Å²) in [5.74, 6) is 0.210. The second-order valence-corrected chi connectivity index (χ2v) is 13.0. The van der Waals surface area contributed by atoms with Gasteiger partial charge in [0.25, 0.3) is 0 Å². The first-order chi connectivity index (χ1) is 17.6. The maximum absolute atomic E-state index is 13.2. The van der Waals surface area contributed by atoms with Gasteiger partial charge in [0, 0.05) is 36.5 Å². The van der Waals surface area contributed by atoms with Crippen LogP contribution in [-0.4, -0.2) is 56.4 Å². The summed E-state index contributed by atoms with van der Waals surface area (Å²) in [4.78, 5) is 20.3. The molecule has 0 spiro atoms. The SMILES string of the molecule is CS(=O)(=O)c1ccccc1S(=O)(=O)N1CCC(C(=O)Nc2ccc(-c3nc4ccccc4[nH]3)cc2)CC1. The van der Waals surface area contributed by atoms with Crippen molar-refractivity contribution in [2.75, 3.05) is 24.7 Å². The quantitative estimate of drug-likeness (QED) is 0.385. The molecule has 192 valence electrons. The number of H-pyrrole nitrogens is 1. The highest BCUT2D eigenvalue weighted by Gasteiger charge is 2.34. The second-order valence-electron chi connectivity index (χ2n) is 9.07. The van der Waals surface area contributed by atoms with Crippen molar-refractivity contribution in [3.63, 3.8) is 0 Å². The number of benzene rings is 3. The van der Waals surface area contributed by atoms with Crippen LogP contribution in [-0.2, 0) is 24.7 Å². The molecule has 11 heteroatoms. The van der Waals surface area contributed by atoms with Crippen molar-refractivity contribution in [3.05, 3.63) is 72.8 Å². The summed E-state index contributed by atoms with van der Waals surface area (Å²) >= 11 is 0. The van der Waals surface area contributed by atoms with Crippen LogP contribution in [0.2, 0.25) is 0 Å². The fraction of sp³-hybridized carbons (Fsp3) is 0.231. The number of anilines is 1. The summed E-state index contributed by atoms with van der Waals surface area (Å²) in [5, 5.41) is 2.91. The smallest absolute Gasteiger partial charge is 0.244 e. The average Bonchev–Trinajstić information content (AvgIpc) is 3.33. The predicted octanol–water partition coefficient (Wildman–Crippen LogP) is 3.67. The van der Waals surface area contributed by atoms with E-state index >= 15 is 0 Å². The lowest BCUT2D eigenvalue weighted by atomic mass is 9.97. The van der Waals surface area contributed by atoms with E-state index in [1.54, 1.807) is 0 Å². The number of hydrogen-bond acceptors (Lipinski definition) is 6. The summed E-state index contributed by atoms with van der Waals surface area (Å²) in [5.41, 5.74) is 3.36. The molecule has 1 saturated heterocycles. The van der Waals surface area contributed by atoms with Gasteiger partial charge < -0.3 is 10.3 Å². The molecule has 3 aromatic carbocycles. The number of sulfone groups is 1. The number of nitrogens with one attached hydrogen (secondary N) is 2. The molecule has 0 atom stereocenters. The summed E-state index contributed by atoms with van der Waals surface area (Å²) < 4.78 is 51.8. The van der Waals surface area contributed by atoms with Crippen molar-refractivity contribution in [2.24, 2.45) is 5.92 Å². The lowest BCUT2D eigenvalue weighted by Crippen LogP contribution is -2.41. The number of piperidine rings is 1. The first-order valence-electron chi connectivity index (χ1n) is 11.8. The Morgan fingerprint density at radius 2 is 1.51 bits per heavy atom. The molecule has 0 radical (unpaired) electrons. The summed E-state index contributed by atoms with van der Waals surface area (Å²) in [6.07, 6.45) is 1.66. The van der Waals surface area contributed by atoms with Crippen molar-refractivity contribution >= 4 is 42.5 Å². The Morgan fingerprint density at radius 3 is 2.16 bits per heavy atom. The monoisotopic (exact) mass is 538 g/mol. The zero-order valence-corrected chi connectivity index (χ0v) is 21.7. The molecule has 37 heavy (non-hydrogen) atoms. The average molecular weight is 539 g/mol. The van der Waals surface area contributed by atoms with Gasteiger partial charge in [-0.3, -0.25) is 4.79 Å². The Kier molecular flexibility index (Phi) is 6.61. The van der Waals surface area contributed by atoms with Gasteiger partial charge in [0.05, 0.1) is 15.9 Å². The summed E-state index contributed by atoms with van der Waals surface area (Å²) in [6.45, 7) is 0.257. The van der Waals surface area contributed by atoms with Crippen molar-refractivity contribution in [3.8, 4) is 11.4 Å². The van der Waals surface area contributed by atoms with Gasteiger partial charge in [-0.2, -0.15) is 4.31 Å². The zero-order chi connectivity index (χ0) is 26.2. The van der Waals surface area contributed by atoms with Crippen molar-refractivity contribution in [2.45, 2.75) is 22.6 Å². The highest BCUT2D eigenvalue weighted by molar-refractivity contribution is 7.93. The molecule has 1 aliphatic heterocycles. The number of carbonyl (C=O) groups is 1. The maximum atomic E-state index is 13.2. The third kappa shape index (κ3) is 5.15. The van der Waals surface area contributed by atoms with E-state index in [9.17, 15) is 21.6 Å². The number of rotatable bonds is 6. The highest BCUT2D eigenvalue weighted by atomic mass is 32.2. The first kappa shape index (κ1) is 25.1. The van der Waals surface area contributed by atoms with E-state index in [1.165, 1.54) is 28.6 Å². The Labute approximate surface area is 215 Å². The Morgan fingerprint density at radius 1 is 0.892 bits per heavy atom. The van der Waals surface area contributed by atoms with Crippen molar-refractivity contribution in [1.82, 2.24) is 14.3 Å². The molecular formula is C26H26N4O5S2. The van der Waals surface area contributed by atoms with E-state index in [0.29, 0.717) is 18.5 Å². The van der Waals surface area contributed by atoms with Crippen LogP contribution < -0.4 is 5.32 Å². The van der Waals surface area contributed by atoms with Crippen LogP contribution in [0.5, 0.6) is 0 Å². The topological polar surface area (TPSA) is 129 Å². The number of imidazole rings is 1. The molecule has 9 nitrogen and oxygen atoms in total. The molecule has 0 bridgehead atoms. The molecule has 0 saturated carbocycles. The molecule has 0 unspecified atom stereocenters. The Bertz CT molecular complexity index is 1640. The van der Waals surface area contributed by atoms with Crippen LogP contribution in [0.15, 0.2) is 82.6 Å². The number of hydrogen-bond donors (Lipinski definition) is 2. The van der Waals surface area contributed by atoms with Crippen molar-refractivity contribution in [1.29, 1.82) is 0 Å². The maximum Gasteiger partial charge on any atom is 0.244 e. The molecule has 2 N–H and O–H groups in total. The van der Waals surface area contributed by atoms with Gasteiger partial charge in [0.1, 0.15) is 10.7 Å². The molecule has 4 aromatic rings. The lowest BCUT2D eigenvalue weighted by molar-refractivity contribution is -0.120. The highest BCUT2D eigenvalue weighted by Crippen LogP contribution is 2.29. The van der Waals surface area contributed by atoms with Gasteiger partial charge in [-0.15, -0.1) is 0 Å². The van der Waals surface area contributed by atoms with E-state index in [1.807, 2.05) is 48.5 Å². The van der Waals surface area contributed by atoms with E-state index in [4.69, 9.17) is 0 Å². The third-order valence-corrected chi connectivity index (χ3v) is 9.75. The lowest BCUT2D eigenvalue weighted by Gasteiger charge is -2.31. The largest absolute Gasteiger partial charge is 0.338 e. The van der Waals surface area contributed by atoms with Crippen LogP contribution in [0.1, 0.15) is 12.8 Å². The number of carbonyl (C=O) groups excluding carboxylic acids is 1. The number of nitrogens with zero attached hydrogens (tertiary/aromatic N) is 2. The molecule has 5 rings (SSSR count). The van der Waals surface area contributed by atoms with Gasteiger partial charge >= 0.3 is 0 Å². The summed E-state index contributed by atoms with van der Waals surface area (Å²) in [6, 6.07) is 20.7. The molecule has 1 amide bonds.